The minimum Gasteiger partial charge on any atom is -0.384 e. The molecule has 2 heterocycles. The predicted octanol–water partition coefficient (Wildman–Crippen LogP) is 0.373. The summed E-state index contributed by atoms with van der Waals surface area (Å²) in [5, 5.41) is 9.29. The molecule has 0 fully saturated rings. The van der Waals surface area contributed by atoms with Gasteiger partial charge in [0.25, 0.3) is 0 Å². The molecule has 5 heteroatoms. The van der Waals surface area contributed by atoms with E-state index >= 15 is 0 Å². The van der Waals surface area contributed by atoms with Crippen molar-refractivity contribution in [3.8, 4) is 0 Å². The predicted molar refractivity (Wildman–Crippen MR) is 35.3 cm³/mol. The molecule has 4 nitrogen and oxygen atoms in total. The van der Waals surface area contributed by atoms with E-state index in [-0.39, 0.29) is 0 Å². The molecular weight excluding hydrogens is 136 g/mol. The van der Waals surface area contributed by atoms with Gasteiger partial charge in [-0.3, -0.25) is 4.40 Å². The Kier molecular flexibility index (Phi) is 0.762. The van der Waals surface area contributed by atoms with E-state index in [9.17, 15) is 0 Å². The lowest BCUT2D eigenvalue weighted by atomic mass is 10.8. The molecule has 0 saturated carbocycles. The van der Waals surface area contributed by atoms with Crippen LogP contribution in [-0.2, 0) is 0 Å². The highest BCUT2D eigenvalue weighted by molar-refractivity contribution is 7.15. The normalized spacial score (nSPS) is 10.7. The van der Waals surface area contributed by atoms with Crippen LogP contribution in [0.5, 0.6) is 0 Å². The molecule has 0 atom stereocenters. The fourth-order valence-electron chi connectivity index (χ4n) is 0.652. The number of aromatic nitrogens is 3. The quantitative estimate of drug-likeness (QED) is 0.575. The first-order valence-corrected chi connectivity index (χ1v) is 3.28. The van der Waals surface area contributed by atoms with Gasteiger partial charge >= 0.3 is 0 Å². The zero-order valence-corrected chi connectivity index (χ0v) is 5.30. The maximum Gasteiger partial charge on any atom is 0.217 e. The van der Waals surface area contributed by atoms with Crippen LogP contribution in [0.2, 0.25) is 0 Å². The first-order chi connectivity index (χ1) is 4.38. The fraction of sp³-hybridized carbons (Fsp3) is 0. The number of rotatable bonds is 0. The third kappa shape index (κ3) is 0.517. The first kappa shape index (κ1) is 4.75. The molecule has 0 spiro atoms. The van der Waals surface area contributed by atoms with Crippen LogP contribution in [-0.4, -0.2) is 14.6 Å². The van der Waals surface area contributed by atoms with E-state index in [1.807, 2.05) is 5.38 Å². The van der Waals surface area contributed by atoms with Gasteiger partial charge < -0.3 is 5.73 Å². The number of fused-ring (bicyclic) bond motifs is 1. The largest absolute Gasteiger partial charge is 0.384 e. The van der Waals surface area contributed by atoms with Crippen molar-refractivity contribution < 1.29 is 0 Å². The van der Waals surface area contributed by atoms with Gasteiger partial charge in [-0.1, -0.05) is 0 Å². The summed E-state index contributed by atoms with van der Waals surface area (Å²) >= 11 is 1.48. The Bertz CT molecular complexity index is 322. The smallest absolute Gasteiger partial charge is 0.217 e. The number of hydrogen-bond acceptors (Lipinski definition) is 4. The van der Waals surface area contributed by atoms with Gasteiger partial charge in [0.05, 0.1) is 0 Å². The second kappa shape index (κ2) is 1.44. The molecule has 2 aromatic heterocycles. The molecule has 0 radical (unpaired) electrons. The van der Waals surface area contributed by atoms with E-state index in [4.69, 9.17) is 5.73 Å². The Morgan fingerprint density at radius 1 is 1.67 bits per heavy atom. The van der Waals surface area contributed by atoms with E-state index in [1.54, 1.807) is 10.7 Å². The van der Waals surface area contributed by atoms with Crippen molar-refractivity contribution >= 4 is 22.1 Å². The van der Waals surface area contributed by atoms with Crippen molar-refractivity contribution in [1.82, 2.24) is 14.6 Å². The second-order valence-electron chi connectivity index (χ2n) is 1.64. The van der Waals surface area contributed by atoms with Crippen molar-refractivity contribution in [3.05, 3.63) is 11.7 Å². The van der Waals surface area contributed by atoms with Gasteiger partial charge in [-0.2, -0.15) is 0 Å². The SMILES string of the molecule is Nc1csc2nncn12. The van der Waals surface area contributed by atoms with E-state index in [1.165, 1.54) is 11.3 Å². The Morgan fingerprint density at radius 2 is 2.56 bits per heavy atom. The van der Waals surface area contributed by atoms with Crippen molar-refractivity contribution in [2.24, 2.45) is 0 Å². The van der Waals surface area contributed by atoms with Crippen LogP contribution in [0.25, 0.3) is 4.96 Å². The lowest BCUT2D eigenvalue weighted by molar-refractivity contribution is 1.10. The molecule has 0 aromatic carbocycles. The molecule has 0 aliphatic rings. The summed E-state index contributed by atoms with van der Waals surface area (Å²) in [7, 11) is 0. The molecule has 46 valence electrons. The Morgan fingerprint density at radius 3 is 3.33 bits per heavy atom. The average Bonchev–Trinajstić information content (AvgIpc) is 2.35. The summed E-state index contributed by atoms with van der Waals surface area (Å²) in [5.74, 6) is 0.694. The molecule has 0 bridgehead atoms. The molecule has 0 saturated heterocycles. The Balaban J connectivity index is 2.99. The van der Waals surface area contributed by atoms with Gasteiger partial charge in [0.1, 0.15) is 12.1 Å². The highest BCUT2D eigenvalue weighted by Crippen LogP contribution is 2.13. The molecule has 0 aliphatic carbocycles. The zero-order valence-electron chi connectivity index (χ0n) is 4.48. The molecule has 9 heavy (non-hydrogen) atoms. The Hall–Kier alpha value is -1.10. The van der Waals surface area contributed by atoms with Gasteiger partial charge in [0, 0.05) is 5.38 Å². The van der Waals surface area contributed by atoms with Gasteiger partial charge in [0.15, 0.2) is 0 Å². The maximum atomic E-state index is 5.51. The molecule has 2 aromatic rings. The fourth-order valence-corrected chi connectivity index (χ4v) is 1.35. The van der Waals surface area contributed by atoms with E-state index in [0.717, 1.165) is 4.96 Å². The number of nitrogens with zero attached hydrogens (tertiary/aromatic N) is 3. The van der Waals surface area contributed by atoms with Crippen LogP contribution >= 0.6 is 11.3 Å². The number of anilines is 1. The van der Waals surface area contributed by atoms with Crippen LogP contribution in [0, 0.1) is 0 Å². The molecule has 2 N–H and O–H groups in total. The van der Waals surface area contributed by atoms with Crippen LogP contribution in [0.4, 0.5) is 5.82 Å². The van der Waals surface area contributed by atoms with Gasteiger partial charge in [-0.15, -0.1) is 21.5 Å². The van der Waals surface area contributed by atoms with Gasteiger partial charge in [-0.05, 0) is 0 Å². The number of thiazole rings is 1. The zero-order chi connectivity index (χ0) is 6.27. The first-order valence-electron chi connectivity index (χ1n) is 2.40. The summed E-state index contributed by atoms with van der Waals surface area (Å²) < 4.78 is 1.74. The third-order valence-corrected chi connectivity index (χ3v) is 1.93. The summed E-state index contributed by atoms with van der Waals surface area (Å²) in [5.41, 5.74) is 5.51. The number of nitrogen functional groups attached to an aromatic ring is 1. The minimum atomic E-state index is 0.694. The van der Waals surface area contributed by atoms with Crippen molar-refractivity contribution in [2.45, 2.75) is 0 Å². The minimum absolute atomic E-state index is 0.694. The standard InChI is InChI=1S/C4H4N4S/c5-3-1-9-4-7-6-2-8(3)4/h1-2H,5H2. The van der Waals surface area contributed by atoms with Crippen LogP contribution < -0.4 is 5.73 Å². The highest BCUT2D eigenvalue weighted by Gasteiger charge is 1.97. The van der Waals surface area contributed by atoms with E-state index < -0.39 is 0 Å². The molecule has 0 aliphatic heterocycles. The molecule has 2 rings (SSSR count). The van der Waals surface area contributed by atoms with Gasteiger partial charge in [0.2, 0.25) is 4.96 Å². The van der Waals surface area contributed by atoms with E-state index in [0.29, 0.717) is 5.82 Å². The maximum absolute atomic E-state index is 5.51. The highest BCUT2D eigenvalue weighted by atomic mass is 32.1. The number of nitrogens with two attached hydrogens (primary N) is 1. The second-order valence-corrected chi connectivity index (χ2v) is 2.48. The average molecular weight is 140 g/mol. The van der Waals surface area contributed by atoms with Crippen LogP contribution in [0.3, 0.4) is 0 Å². The molecular formula is C4H4N4S. The monoisotopic (exact) mass is 140 g/mol. The summed E-state index contributed by atoms with van der Waals surface area (Å²) in [4.78, 5) is 0.840. The lowest BCUT2D eigenvalue weighted by Crippen LogP contribution is -1.87. The third-order valence-electron chi connectivity index (χ3n) is 1.08. The van der Waals surface area contributed by atoms with Crippen molar-refractivity contribution in [1.29, 1.82) is 0 Å². The molecule has 0 unspecified atom stereocenters. The summed E-state index contributed by atoms with van der Waals surface area (Å²) in [6.45, 7) is 0. The summed E-state index contributed by atoms with van der Waals surface area (Å²) in [6.07, 6.45) is 1.60. The van der Waals surface area contributed by atoms with E-state index in [2.05, 4.69) is 10.2 Å². The Labute approximate surface area is 54.9 Å². The summed E-state index contributed by atoms with van der Waals surface area (Å²) in [6, 6.07) is 0. The number of hydrogen-bond donors (Lipinski definition) is 1. The van der Waals surface area contributed by atoms with Gasteiger partial charge in [-0.25, -0.2) is 0 Å². The lowest BCUT2D eigenvalue weighted by Gasteiger charge is -1.81. The van der Waals surface area contributed by atoms with Crippen LogP contribution in [0.1, 0.15) is 0 Å². The van der Waals surface area contributed by atoms with Crippen molar-refractivity contribution in [2.75, 3.05) is 5.73 Å². The van der Waals surface area contributed by atoms with Crippen LogP contribution in [0.15, 0.2) is 11.7 Å². The van der Waals surface area contributed by atoms with Crippen molar-refractivity contribution in [3.63, 3.8) is 0 Å². The topological polar surface area (TPSA) is 56.2 Å². The molecule has 0 amide bonds.